The van der Waals surface area contributed by atoms with Crippen molar-refractivity contribution >= 4 is 27.4 Å². The van der Waals surface area contributed by atoms with Crippen LogP contribution < -0.4 is 28.7 Å². The van der Waals surface area contributed by atoms with Crippen molar-refractivity contribution in [1.82, 2.24) is 0 Å². The lowest BCUT2D eigenvalue weighted by Crippen LogP contribution is -2.23. The predicted molar refractivity (Wildman–Crippen MR) is 255 cm³/mol. The summed E-state index contributed by atoms with van der Waals surface area (Å²) in [5.41, 5.74) is 10.5. The first-order chi connectivity index (χ1) is 29.1. The van der Waals surface area contributed by atoms with Crippen LogP contribution in [0, 0.1) is 22.7 Å². The van der Waals surface area contributed by atoms with E-state index in [4.69, 9.17) is 18.1 Å². The highest BCUT2D eigenvalue weighted by Crippen LogP contribution is 2.57. The first kappa shape index (κ1) is 43.0. The van der Waals surface area contributed by atoms with Gasteiger partial charge in [0.25, 0.3) is 0 Å². The Morgan fingerprint density at radius 3 is 1.13 bits per heavy atom. The Morgan fingerprint density at radius 1 is 0.419 bits per heavy atom. The summed E-state index contributed by atoms with van der Waals surface area (Å²) < 4.78 is 28.2. The average Bonchev–Trinajstić information content (AvgIpc) is 3.22. The van der Waals surface area contributed by atoms with Crippen LogP contribution in [-0.4, -0.2) is 0 Å². The normalized spacial score (nSPS) is 15.6. The Morgan fingerprint density at radius 2 is 0.790 bits per heavy atom. The standard InChI is InChI=1S/C54H54N2O4P2/c1-51(2,3)35-27-41-37-17-13-15-19-47(37)61(59-49(41)43(29-35)53(7,8)9)57-45-23-21-33(31-55)25-39(45)40-26-34(32-56)22-24-46(40)58-62-48-20-16-14-18-38(48)42-28-36(52(4,5)6)30-44(50(42)60-62)54(10,11)12/h13-30H,1-12H3. The molecule has 6 aromatic rings. The maximum Gasteiger partial charge on any atom is 0.326 e. The summed E-state index contributed by atoms with van der Waals surface area (Å²) in [5, 5.41) is 22.4. The molecule has 0 spiro atoms. The lowest BCUT2D eigenvalue weighted by atomic mass is 9.78. The molecule has 0 radical (unpaired) electrons. The second-order valence-corrected chi connectivity index (χ2v) is 23.1. The van der Waals surface area contributed by atoms with Gasteiger partial charge in [-0.1, -0.05) is 132 Å². The third-order valence-corrected chi connectivity index (χ3v) is 14.5. The van der Waals surface area contributed by atoms with Gasteiger partial charge in [-0.2, -0.15) is 10.5 Å². The highest BCUT2D eigenvalue weighted by molar-refractivity contribution is 7.57. The van der Waals surface area contributed by atoms with Gasteiger partial charge in [-0.05, 0) is 105 Å². The SMILES string of the molecule is CC(C)(C)c1cc2c(c(C(C)(C)C)c1)OP(Oc1ccc(C#N)cc1-c1cc(C#N)ccc1OP1Oc3c(cc(C(C)(C)C)cc3C(C)(C)C)-c3ccccc31)c1ccccc1-2. The molecule has 0 saturated heterocycles. The number of hydrogen-bond acceptors (Lipinski definition) is 6. The zero-order valence-corrected chi connectivity index (χ0v) is 39.6. The quantitative estimate of drug-likeness (QED) is 0.161. The number of nitrogens with zero attached hydrogens (tertiary/aromatic N) is 2. The molecule has 0 aliphatic carbocycles. The summed E-state index contributed by atoms with van der Waals surface area (Å²) in [7, 11) is -3.42. The third kappa shape index (κ3) is 8.09. The molecule has 0 aromatic heterocycles. The molecule has 8 rings (SSSR count). The van der Waals surface area contributed by atoms with Crippen LogP contribution in [0.15, 0.2) is 109 Å². The van der Waals surface area contributed by atoms with Gasteiger partial charge < -0.3 is 18.1 Å². The predicted octanol–water partition coefficient (Wildman–Crippen LogP) is 14.4. The minimum absolute atomic E-state index is 0.0715. The Kier molecular flexibility index (Phi) is 10.8. The number of benzene rings is 6. The first-order valence-electron chi connectivity index (χ1n) is 21.1. The van der Waals surface area contributed by atoms with E-state index in [0.717, 1.165) is 55.5 Å². The van der Waals surface area contributed by atoms with Crippen molar-refractivity contribution in [2.45, 2.75) is 105 Å². The van der Waals surface area contributed by atoms with Gasteiger partial charge in [0, 0.05) is 33.4 Å². The van der Waals surface area contributed by atoms with Crippen molar-refractivity contribution < 1.29 is 18.1 Å². The molecule has 0 amide bonds. The molecule has 62 heavy (non-hydrogen) atoms. The van der Waals surface area contributed by atoms with Crippen molar-refractivity contribution in [2.24, 2.45) is 0 Å². The van der Waals surface area contributed by atoms with Gasteiger partial charge in [0.05, 0.1) is 33.9 Å². The molecule has 8 heteroatoms. The van der Waals surface area contributed by atoms with Gasteiger partial charge in [-0.15, -0.1) is 0 Å². The zero-order valence-electron chi connectivity index (χ0n) is 37.8. The van der Waals surface area contributed by atoms with Crippen molar-refractivity contribution in [3.05, 3.63) is 143 Å². The summed E-state index contributed by atoms with van der Waals surface area (Å²) in [5.74, 6) is 2.65. The van der Waals surface area contributed by atoms with Crippen molar-refractivity contribution in [3.8, 4) is 68.5 Å². The van der Waals surface area contributed by atoms with Crippen LogP contribution in [0.3, 0.4) is 0 Å². The highest BCUT2D eigenvalue weighted by Gasteiger charge is 2.38. The third-order valence-electron chi connectivity index (χ3n) is 11.5. The molecule has 0 saturated carbocycles. The van der Waals surface area contributed by atoms with E-state index in [-0.39, 0.29) is 21.7 Å². The Balaban J connectivity index is 1.25. The Hall–Kier alpha value is -5.64. The van der Waals surface area contributed by atoms with E-state index in [1.54, 1.807) is 24.3 Å². The fourth-order valence-electron chi connectivity index (χ4n) is 7.91. The lowest BCUT2D eigenvalue weighted by Gasteiger charge is -2.35. The minimum Gasteiger partial charge on any atom is -0.435 e. The molecule has 0 fully saturated rings. The average molecular weight is 857 g/mol. The van der Waals surface area contributed by atoms with Crippen LogP contribution >= 0.6 is 16.8 Å². The van der Waals surface area contributed by atoms with Crippen LogP contribution in [0.25, 0.3) is 33.4 Å². The number of nitriles is 2. The highest BCUT2D eigenvalue weighted by atomic mass is 31.2. The molecule has 2 heterocycles. The van der Waals surface area contributed by atoms with Gasteiger partial charge in [-0.25, -0.2) is 0 Å². The first-order valence-corrected chi connectivity index (χ1v) is 23.5. The van der Waals surface area contributed by atoms with Crippen molar-refractivity contribution in [2.75, 3.05) is 0 Å². The van der Waals surface area contributed by atoms with E-state index in [1.807, 2.05) is 24.3 Å². The second kappa shape index (κ2) is 15.6. The molecular formula is C54H54N2O4P2. The largest absolute Gasteiger partial charge is 0.435 e. The smallest absolute Gasteiger partial charge is 0.326 e. The Bertz CT molecular complexity index is 2650. The van der Waals surface area contributed by atoms with E-state index >= 15 is 0 Å². The van der Waals surface area contributed by atoms with E-state index in [1.165, 1.54) is 11.1 Å². The summed E-state index contributed by atoms with van der Waals surface area (Å²) in [6.45, 7) is 26.7. The van der Waals surface area contributed by atoms with E-state index in [0.29, 0.717) is 33.8 Å². The van der Waals surface area contributed by atoms with Crippen LogP contribution in [0.5, 0.6) is 23.0 Å². The summed E-state index contributed by atoms with van der Waals surface area (Å²) in [4.78, 5) is 0. The molecule has 0 bridgehead atoms. The van der Waals surface area contributed by atoms with E-state index < -0.39 is 16.8 Å². The molecule has 2 unspecified atom stereocenters. The molecule has 2 aliphatic rings. The molecular weight excluding hydrogens is 803 g/mol. The molecule has 2 aliphatic heterocycles. The van der Waals surface area contributed by atoms with E-state index in [9.17, 15) is 10.5 Å². The van der Waals surface area contributed by atoms with Crippen LogP contribution in [0.4, 0.5) is 0 Å². The summed E-state index contributed by atoms with van der Waals surface area (Å²) >= 11 is 0. The zero-order chi connectivity index (χ0) is 44.5. The fourth-order valence-corrected chi connectivity index (χ4v) is 11.0. The molecule has 6 aromatic carbocycles. The number of fused-ring (bicyclic) bond motifs is 6. The van der Waals surface area contributed by atoms with Crippen LogP contribution in [0.1, 0.15) is 116 Å². The Labute approximate surface area is 370 Å². The summed E-state index contributed by atoms with van der Waals surface area (Å²) in [6, 6.07) is 41.1. The maximum absolute atomic E-state index is 10.2. The number of rotatable bonds is 5. The summed E-state index contributed by atoms with van der Waals surface area (Å²) in [6.07, 6.45) is 0. The topological polar surface area (TPSA) is 84.5 Å². The van der Waals surface area contributed by atoms with Crippen molar-refractivity contribution in [3.63, 3.8) is 0 Å². The van der Waals surface area contributed by atoms with Crippen LogP contribution in [-0.2, 0) is 21.7 Å². The van der Waals surface area contributed by atoms with Crippen LogP contribution in [0.2, 0.25) is 0 Å². The van der Waals surface area contributed by atoms with Crippen molar-refractivity contribution in [1.29, 1.82) is 10.5 Å². The molecule has 2 atom stereocenters. The van der Waals surface area contributed by atoms with Gasteiger partial charge in [0.1, 0.15) is 23.0 Å². The van der Waals surface area contributed by atoms with E-state index in [2.05, 4.69) is 156 Å². The monoisotopic (exact) mass is 856 g/mol. The molecule has 314 valence electrons. The second-order valence-electron chi connectivity index (χ2n) is 20.4. The lowest BCUT2D eigenvalue weighted by molar-refractivity contribution is 0.476. The molecule has 6 nitrogen and oxygen atoms in total. The number of hydrogen-bond donors (Lipinski definition) is 0. The molecule has 0 N–H and O–H groups in total. The van der Waals surface area contributed by atoms with Gasteiger partial charge in [-0.3, -0.25) is 0 Å². The van der Waals surface area contributed by atoms with Gasteiger partial charge in [0.15, 0.2) is 0 Å². The maximum atomic E-state index is 10.2. The van der Waals surface area contributed by atoms with Gasteiger partial charge in [0.2, 0.25) is 0 Å². The van der Waals surface area contributed by atoms with Gasteiger partial charge >= 0.3 is 16.8 Å². The fraction of sp³-hybridized carbons (Fsp3) is 0.296. The minimum atomic E-state index is -1.71.